The van der Waals surface area contributed by atoms with Gasteiger partial charge in [0.2, 0.25) is 0 Å². The number of aryl methyl sites for hydroxylation is 1. The van der Waals surface area contributed by atoms with Crippen LogP contribution < -0.4 is 10.3 Å². The molecule has 5 heteroatoms. The summed E-state index contributed by atoms with van der Waals surface area (Å²) in [5, 5.41) is 0. The summed E-state index contributed by atoms with van der Waals surface area (Å²) in [4.78, 5) is 22.5. The molecule has 0 radical (unpaired) electrons. The summed E-state index contributed by atoms with van der Waals surface area (Å²) >= 11 is 0. The largest absolute Gasteiger partial charge is 0.491 e. The molecule has 0 amide bonds. The molecule has 0 atom stereocenters. The molecule has 1 rings (SSSR count). The van der Waals surface area contributed by atoms with Crippen molar-refractivity contribution in [1.29, 1.82) is 0 Å². The number of rotatable bonds is 5. The van der Waals surface area contributed by atoms with Gasteiger partial charge in [-0.15, -0.1) is 0 Å². The number of aromatic nitrogens is 1. The van der Waals surface area contributed by atoms with Crippen molar-refractivity contribution < 1.29 is 14.3 Å². The normalized spacial score (nSPS) is 9.88. The lowest BCUT2D eigenvalue weighted by atomic mass is 10.3. The van der Waals surface area contributed by atoms with Crippen molar-refractivity contribution in [2.75, 3.05) is 14.2 Å². The fourth-order valence-corrected chi connectivity index (χ4v) is 1.34. The molecule has 88 valence electrons. The number of methoxy groups -OCH3 is 2. The predicted octanol–water partition coefficient (Wildman–Crippen LogP) is 0.810. The molecule has 5 nitrogen and oxygen atoms in total. The minimum absolute atomic E-state index is 0.185. The first-order valence-corrected chi connectivity index (χ1v) is 4.99. The van der Waals surface area contributed by atoms with Gasteiger partial charge in [0.15, 0.2) is 5.75 Å². The molecule has 0 aliphatic carbocycles. The number of nitrogens with zero attached hydrogens (tertiary/aromatic N) is 1. The monoisotopic (exact) mass is 225 g/mol. The number of carbonyl (C=O) groups excluding carboxylic acids is 1. The lowest BCUT2D eigenvalue weighted by molar-refractivity contribution is -0.140. The molecule has 0 saturated carbocycles. The Kier molecular flexibility index (Phi) is 4.57. The van der Waals surface area contributed by atoms with Gasteiger partial charge in [-0.3, -0.25) is 9.59 Å². The minimum Gasteiger partial charge on any atom is -0.491 e. The van der Waals surface area contributed by atoms with E-state index < -0.39 is 0 Å². The number of hydrogen-bond acceptors (Lipinski definition) is 4. The third kappa shape index (κ3) is 3.12. The molecule has 0 aromatic carbocycles. The summed E-state index contributed by atoms with van der Waals surface area (Å²) in [7, 11) is 2.80. The molecule has 1 aromatic heterocycles. The van der Waals surface area contributed by atoms with Crippen molar-refractivity contribution in [3.63, 3.8) is 0 Å². The fraction of sp³-hybridized carbons (Fsp3) is 0.455. The molecule has 0 spiro atoms. The molecule has 0 bridgehead atoms. The van der Waals surface area contributed by atoms with Gasteiger partial charge in [-0.2, -0.15) is 0 Å². The Morgan fingerprint density at radius 2 is 2.19 bits per heavy atom. The highest BCUT2D eigenvalue weighted by atomic mass is 16.5. The predicted molar refractivity (Wildman–Crippen MR) is 58.5 cm³/mol. The van der Waals surface area contributed by atoms with E-state index in [2.05, 4.69) is 4.74 Å². The molecule has 1 aromatic rings. The second-order valence-corrected chi connectivity index (χ2v) is 3.25. The van der Waals surface area contributed by atoms with Crippen LogP contribution in [0.3, 0.4) is 0 Å². The van der Waals surface area contributed by atoms with Crippen LogP contribution >= 0.6 is 0 Å². The fourth-order valence-electron chi connectivity index (χ4n) is 1.34. The Labute approximate surface area is 93.6 Å². The maximum atomic E-state index is 11.7. The van der Waals surface area contributed by atoms with Gasteiger partial charge in [-0.05, 0) is 18.6 Å². The standard InChI is InChI=1S/C11H15NO4/c1-15-9-5-3-7-12(11(9)14)8-4-6-10(13)16-2/h3,5,7H,4,6,8H2,1-2H3. The van der Waals surface area contributed by atoms with E-state index in [1.165, 1.54) is 18.8 Å². The molecule has 0 fully saturated rings. The Bertz CT molecular complexity index is 411. The summed E-state index contributed by atoms with van der Waals surface area (Å²) in [6, 6.07) is 3.34. The maximum absolute atomic E-state index is 11.7. The Morgan fingerprint density at radius 1 is 1.44 bits per heavy atom. The van der Waals surface area contributed by atoms with E-state index in [0.717, 1.165) is 0 Å². The molecular formula is C11H15NO4. The molecule has 0 N–H and O–H groups in total. The van der Waals surface area contributed by atoms with E-state index in [-0.39, 0.29) is 11.5 Å². The van der Waals surface area contributed by atoms with E-state index in [4.69, 9.17) is 4.74 Å². The molecule has 0 aliphatic rings. The highest BCUT2D eigenvalue weighted by molar-refractivity contribution is 5.68. The second kappa shape index (κ2) is 5.95. The topological polar surface area (TPSA) is 57.5 Å². The summed E-state index contributed by atoms with van der Waals surface area (Å²) in [6.07, 6.45) is 2.54. The Balaban J connectivity index is 2.61. The van der Waals surface area contributed by atoms with E-state index in [1.807, 2.05) is 0 Å². The number of hydrogen-bond donors (Lipinski definition) is 0. The number of pyridine rings is 1. The highest BCUT2D eigenvalue weighted by Crippen LogP contribution is 2.02. The lowest BCUT2D eigenvalue weighted by Gasteiger charge is -2.06. The van der Waals surface area contributed by atoms with Crippen LogP contribution in [0, 0.1) is 0 Å². The van der Waals surface area contributed by atoms with Crippen LogP contribution in [0.25, 0.3) is 0 Å². The molecule has 0 unspecified atom stereocenters. The van der Waals surface area contributed by atoms with Crippen molar-refractivity contribution >= 4 is 5.97 Å². The van der Waals surface area contributed by atoms with Crippen LogP contribution in [-0.4, -0.2) is 24.8 Å². The van der Waals surface area contributed by atoms with Crippen molar-refractivity contribution in [3.05, 3.63) is 28.7 Å². The van der Waals surface area contributed by atoms with Crippen LogP contribution in [0.1, 0.15) is 12.8 Å². The van der Waals surface area contributed by atoms with E-state index in [0.29, 0.717) is 25.1 Å². The average molecular weight is 225 g/mol. The summed E-state index contributed by atoms with van der Waals surface area (Å²) in [5.74, 6) is 0.0384. The van der Waals surface area contributed by atoms with Gasteiger partial charge >= 0.3 is 5.97 Å². The number of ether oxygens (including phenoxy) is 2. The minimum atomic E-state index is -0.268. The molecule has 16 heavy (non-hydrogen) atoms. The van der Waals surface area contributed by atoms with Crippen LogP contribution in [0.4, 0.5) is 0 Å². The van der Waals surface area contributed by atoms with Gasteiger partial charge in [-0.1, -0.05) is 0 Å². The summed E-state index contributed by atoms with van der Waals surface area (Å²) in [6.45, 7) is 0.477. The molecule has 0 aliphatic heterocycles. The third-order valence-corrected chi connectivity index (χ3v) is 2.21. The third-order valence-electron chi connectivity index (χ3n) is 2.21. The second-order valence-electron chi connectivity index (χ2n) is 3.25. The van der Waals surface area contributed by atoms with Crippen molar-refractivity contribution in [1.82, 2.24) is 4.57 Å². The molecular weight excluding hydrogens is 210 g/mol. The SMILES string of the molecule is COC(=O)CCCn1cccc(OC)c1=O. The van der Waals surface area contributed by atoms with Gasteiger partial charge in [0, 0.05) is 19.2 Å². The van der Waals surface area contributed by atoms with Gasteiger partial charge in [0.05, 0.1) is 14.2 Å². The van der Waals surface area contributed by atoms with Crippen LogP contribution in [0.15, 0.2) is 23.1 Å². The van der Waals surface area contributed by atoms with Crippen LogP contribution in [-0.2, 0) is 16.1 Å². The average Bonchev–Trinajstić information content (AvgIpc) is 2.31. The highest BCUT2D eigenvalue weighted by Gasteiger charge is 2.04. The number of esters is 1. The lowest BCUT2D eigenvalue weighted by Crippen LogP contribution is -2.21. The van der Waals surface area contributed by atoms with Crippen LogP contribution in [0.2, 0.25) is 0 Å². The first-order valence-electron chi connectivity index (χ1n) is 4.99. The summed E-state index contributed by atoms with van der Waals surface area (Å²) < 4.78 is 10.9. The molecule has 1 heterocycles. The van der Waals surface area contributed by atoms with Gasteiger partial charge in [0.1, 0.15) is 0 Å². The zero-order valence-corrected chi connectivity index (χ0v) is 9.43. The van der Waals surface area contributed by atoms with E-state index >= 15 is 0 Å². The van der Waals surface area contributed by atoms with Crippen molar-refractivity contribution in [2.24, 2.45) is 0 Å². The zero-order valence-electron chi connectivity index (χ0n) is 9.43. The zero-order chi connectivity index (χ0) is 12.0. The van der Waals surface area contributed by atoms with Gasteiger partial charge < -0.3 is 14.0 Å². The Hall–Kier alpha value is -1.78. The van der Waals surface area contributed by atoms with Gasteiger partial charge in [0.25, 0.3) is 5.56 Å². The maximum Gasteiger partial charge on any atom is 0.305 e. The Morgan fingerprint density at radius 3 is 2.81 bits per heavy atom. The first-order chi connectivity index (χ1) is 7.69. The molecule has 0 saturated heterocycles. The van der Waals surface area contributed by atoms with Crippen molar-refractivity contribution in [3.8, 4) is 5.75 Å². The quantitative estimate of drug-likeness (QED) is 0.696. The number of carbonyl (C=O) groups is 1. The smallest absolute Gasteiger partial charge is 0.305 e. The van der Waals surface area contributed by atoms with E-state index in [9.17, 15) is 9.59 Å². The van der Waals surface area contributed by atoms with E-state index in [1.54, 1.807) is 18.3 Å². The first kappa shape index (κ1) is 12.3. The van der Waals surface area contributed by atoms with Crippen LogP contribution in [0.5, 0.6) is 5.75 Å². The van der Waals surface area contributed by atoms with Crippen molar-refractivity contribution in [2.45, 2.75) is 19.4 Å². The van der Waals surface area contributed by atoms with Gasteiger partial charge in [-0.25, -0.2) is 0 Å². The summed E-state index contributed by atoms with van der Waals surface area (Å²) in [5.41, 5.74) is -0.185.